The second kappa shape index (κ2) is 8.72. The first-order valence-electron chi connectivity index (χ1n) is 7.57. The van der Waals surface area contributed by atoms with Crippen LogP contribution in [0.25, 0.3) is 0 Å². The highest BCUT2D eigenvalue weighted by Crippen LogP contribution is 2.20. The van der Waals surface area contributed by atoms with E-state index >= 15 is 0 Å². The molecule has 0 spiro atoms. The van der Waals surface area contributed by atoms with E-state index in [1.54, 1.807) is 12.1 Å². The van der Waals surface area contributed by atoms with Crippen molar-refractivity contribution in [1.82, 2.24) is 0 Å². The molecule has 0 aliphatic rings. The molecule has 0 amide bonds. The molecule has 0 aliphatic carbocycles. The second-order valence-corrected chi connectivity index (χ2v) is 5.18. The molecule has 3 heteroatoms. The van der Waals surface area contributed by atoms with Crippen LogP contribution in [0.4, 0.5) is 4.39 Å². The Hall–Kier alpha value is -1.38. The number of carbonyl (C=O) groups excluding carboxylic acids is 1. The van der Waals surface area contributed by atoms with Crippen molar-refractivity contribution in [3.63, 3.8) is 0 Å². The van der Waals surface area contributed by atoms with Crippen LogP contribution in [0.15, 0.2) is 24.3 Å². The fourth-order valence-electron chi connectivity index (χ4n) is 2.31. The predicted octanol–water partition coefficient (Wildman–Crippen LogP) is 4.98. The van der Waals surface area contributed by atoms with Gasteiger partial charge in [0.15, 0.2) is 0 Å². The number of carbonyl (C=O) groups is 1. The summed E-state index contributed by atoms with van der Waals surface area (Å²) in [5, 5.41) is 0. The van der Waals surface area contributed by atoms with Gasteiger partial charge in [-0.05, 0) is 37.3 Å². The molecule has 0 aliphatic heterocycles. The number of esters is 1. The Bertz CT molecular complexity index is 413. The van der Waals surface area contributed by atoms with Crippen LogP contribution in [0, 0.1) is 11.7 Å². The third-order valence-corrected chi connectivity index (χ3v) is 3.87. The Morgan fingerprint density at radius 3 is 2.30 bits per heavy atom. The molecule has 1 rings (SSSR count). The average molecular weight is 280 g/mol. The molecule has 0 bridgehead atoms. The zero-order chi connectivity index (χ0) is 15.0. The molecule has 0 saturated carbocycles. The van der Waals surface area contributed by atoms with Crippen LogP contribution in [-0.4, -0.2) is 12.1 Å². The van der Waals surface area contributed by atoms with Gasteiger partial charge >= 0.3 is 5.97 Å². The Morgan fingerprint density at radius 2 is 1.75 bits per heavy atom. The van der Waals surface area contributed by atoms with Crippen LogP contribution < -0.4 is 0 Å². The normalized spacial score (nSPS) is 12.4. The smallest absolute Gasteiger partial charge is 0.341 e. The number of ether oxygens (including phenoxy) is 1. The minimum absolute atomic E-state index is 0.0217. The van der Waals surface area contributed by atoms with Crippen LogP contribution in [-0.2, 0) is 4.74 Å². The summed E-state index contributed by atoms with van der Waals surface area (Å²) in [7, 11) is 0. The second-order valence-electron chi connectivity index (χ2n) is 5.18. The van der Waals surface area contributed by atoms with Crippen LogP contribution in [0.5, 0.6) is 0 Å². The summed E-state index contributed by atoms with van der Waals surface area (Å²) in [5.41, 5.74) is 0.0217. The van der Waals surface area contributed by atoms with Gasteiger partial charge < -0.3 is 4.74 Å². The van der Waals surface area contributed by atoms with Gasteiger partial charge in [-0.3, -0.25) is 0 Å². The number of rotatable bonds is 8. The molecule has 1 unspecified atom stereocenters. The first kappa shape index (κ1) is 16.7. The SMILES string of the molecule is CCC(CC)CCC(CC)OC(=O)c1ccccc1F. The quantitative estimate of drug-likeness (QED) is 0.628. The van der Waals surface area contributed by atoms with Crippen LogP contribution in [0.1, 0.15) is 63.2 Å². The van der Waals surface area contributed by atoms with E-state index in [-0.39, 0.29) is 11.7 Å². The average Bonchev–Trinajstić information content (AvgIpc) is 2.47. The van der Waals surface area contributed by atoms with Crippen LogP contribution in [0.3, 0.4) is 0 Å². The standard InChI is InChI=1S/C17H25FO2/c1-4-13(5-2)11-12-14(6-3)20-17(19)15-9-7-8-10-16(15)18/h7-10,13-14H,4-6,11-12H2,1-3H3. The lowest BCUT2D eigenvalue weighted by Gasteiger charge is -2.19. The van der Waals surface area contributed by atoms with E-state index in [0.29, 0.717) is 5.92 Å². The molecule has 0 saturated heterocycles. The summed E-state index contributed by atoms with van der Waals surface area (Å²) >= 11 is 0. The van der Waals surface area contributed by atoms with Gasteiger partial charge in [0.1, 0.15) is 11.9 Å². The lowest BCUT2D eigenvalue weighted by atomic mass is 9.95. The molecule has 0 radical (unpaired) electrons. The summed E-state index contributed by atoms with van der Waals surface area (Å²) in [4.78, 5) is 12.0. The van der Waals surface area contributed by atoms with Crippen molar-refractivity contribution in [1.29, 1.82) is 0 Å². The molecule has 1 atom stereocenters. The summed E-state index contributed by atoms with van der Waals surface area (Å²) in [6, 6.07) is 5.95. The highest BCUT2D eigenvalue weighted by molar-refractivity contribution is 5.89. The van der Waals surface area contributed by atoms with E-state index in [9.17, 15) is 9.18 Å². The molecular formula is C17H25FO2. The van der Waals surface area contributed by atoms with Gasteiger partial charge in [0, 0.05) is 0 Å². The number of hydrogen-bond donors (Lipinski definition) is 0. The maximum Gasteiger partial charge on any atom is 0.341 e. The van der Waals surface area contributed by atoms with Crippen molar-refractivity contribution < 1.29 is 13.9 Å². The van der Waals surface area contributed by atoms with E-state index in [1.165, 1.54) is 12.1 Å². The molecule has 112 valence electrons. The van der Waals surface area contributed by atoms with Crippen LogP contribution >= 0.6 is 0 Å². The Morgan fingerprint density at radius 1 is 1.10 bits per heavy atom. The Labute approximate surface area is 121 Å². The maximum absolute atomic E-state index is 13.5. The lowest BCUT2D eigenvalue weighted by Crippen LogP contribution is -2.19. The minimum Gasteiger partial charge on any atom is -0.459 e. The first-order chi connectivity index (χ1) is 9.62. The monoisotopic (exact) mass is 280 g/mol. The van der Waals surface area contributed by atoms with Gasteiger partial charge in [-0.25, -0.2) is 9.18 Å². The van der Waals surface area contributed by atoms with Crippen LogP contribution in [0.2, 0.25) is 0 Å². The van der Waals surface area contributed by atoms with E-state index in [2.05, 4.69) is 13.8 Å². The van der Waals surface area contributed by atoms with E-state index in [4.69, 9.17) is 4.74 Å². The van der Waals surface area contributed by atoms with Gasteiger partial charge in [-0.2, -0.15) is 0 Å². The van der Waals surface area contributed by atoms with E-state index in [0.717, 1.165) is 32.1 Å². The highest BCUT2D eigenvalue weighted by Gasteiger charge is 2.18. The van der Waals surface area contributed by atoms with Gasteiger partial charge in [0.05, 0.1) is 5.56 Å². The molecular weight excluding hydrogens is 255 g/mol. The largest absolute Gasteiger partial charge is 0.459 e. The summed E-state index contributed by atoms with van der Waals surface area (Å²) in [6.45, 7) is 6.35. The zero-order valence-electron chi connectivity index (χ0n) is 12.7. The van der Waals surface area contributed by atoms with Gasteiger partial charge in [0.2, 0.25) is 0 Å². The molecule has 0 N–H and O–H groups in total. The number of halogens is 1. The third kappa shape index (κ3) is 4.95. The molecule has 20 heavy (non-hydrogen) atoms. The van der Waals surface area contributed by atoms with Gasteiger partial charge in [0.25, 0.3) is 0 Å². The fraction of sp³-hybridized carbons (Fsp3) is 0.588. The van der Waals surface area contributed by atoms with Gasteiger partial charge in [-0.15, -0.1) is 0 Å². The van der Waals surface area contributed by atoms with Crippen molar-refractivity contribution in [2.24, 2.45) is 5.92 Å². The van der Waals surface area contributed by atoms with E-state index in [1.807, 2.05) is 6.92 Å². The lowest BCUT2D eigenvalue weighted by molar-refractivity contribution is 0.0252. The van der Waals surface area contributed by atoms with Crippen molar-refractivity contribution in [2.45, 2.75) is 59.0 Å². The van der Waals surface area contributed by atoms with Crippen molar-refractivity contribution in [3.05, 3.63) is 35.6 Å². The summed E-state index contributed by atoms with van der Waals surface area (Å²) < 4.78 is 18.9. The summed E-state index contributed by atoms with van der Waals surface area (Å²) in [6.07, 6.45) is 4.84. The van der Waals surface area contributed by atoms with Crippen molar-refractivity contribution in [2.75, 3.05) is 0 Å². The predicted molar refractivity (Wildman–Crippen MR) is 79.2 cm³/mol. The molecule has 2 nitrogen and oxygen atoms in total. The Kier molecular flexibility index (Phi) is 7.27. The topological polar surface area (TPSA) is 26.3 Å². The third-order valence-electron chi connectivity index (χ3n) is 3.87. The van der Waals surface area contributed by atoms with Crippen molar-refractivity contribution >= 4 is 5.97 Å². The molecule has 0 aromatic heterocycles. The fourth-order valence-corrected chi connectivity index (χ4v) is 2.31. The first-order valence-corrected chi connectivity index (χ1v) is 7.57. The van der Waals surface area contributed by atoms with Gasteiger partial charge in [-0.1, -0.05) is 45.7 Å². The highest BCUT2D eigenvalue weighted by atomic mass is 19.1. The number of hydrogen-bond acceptors (Lipinski definition) is 2. The van der Waals surface area contributed by atoms with Crippen molar-refractivity contribution in [3.8, 4) is 0 Å². The summed E-state index contributed by atoms with van der Waals surface area (Å²) in [5.74, 6) is -0.400. The molecule has 0 heterocycles. The molecule has 1 aromatic carbocycles. The zero-order valence-corrected chi connectivity index (χ0v) is 12.7. The molecule has 1 aromatic rings. The minimum atomic E-state index is -0.556. The molecule has 0 fully saturated rings. The van der Waals surface area contributed by atoms with E-state index < -0.39 is 11.8 Å². The maximum atomic E-state index is 13.5. The Balaban J connectivity index is 2.56. The number of benzene rings is 1.